The Balaban J connectivity index is 3.14. The molecule has 18 heavy (non-hydrogen) atoms. The number of halogens is 1. The molecule has 4 heteroatoms. The van der Waals surface area contributed by atoms with Gasteiger partial charge in [-0.25, -0.2) is 0 Å². The molecule has 0 N–H and O–H groups in total. The highest BCUT2D eigenvalue weighted by atomic mass is 35.5. The monoisotopic (exact) mass is 264 g/mol. The normalized spacial score (nSPS) is 10.6. The van der Waals surface area contributed by atoms with Crippen molar-refractivity contribution in [3.05, 3.63) is 34.3 Å². The minimum atomic E-state index is -0.102. The molecule has 0 spiro atoms. The number of amides is 1. The number of rotatable bonds is 3. The Labute approximate surface area is 113 Å². The number of nitriles is 1. The third-order valence-corrected chi connectivity index (χ3v) is 2.99. The van der Waals surface area contributed by atoms with Crippen molar-refractivity contribution in [3.8, 4) is 6.07 Å². The molecule has 1 rings (SSSR count). The predicted octanol–water partition coefficient (Wildman–Crippen LogP) is 3.47. The molecule has 1 aromatic carbocycles. The molecule has 3 nitrogen and oxygen atoms in total. The number of benzene rings is 1. The van der Waals surface area contributed by atoms with E-state index in [9.17, 15) is 4.79 Å². The second-order valence-corrected chi connectivity index (χ2v) is 5.11. The van der Waals surface area contributed by atoms with Crippen molar-refractivity contribution in [1.29, 1.82) is 5.26 Å². The van der Waals surface area contributed by atoms with Gasteiger partial charge < -0.3 is 4.90 Å². The van der Waals surface area contributed by atoms with Crippen molar-refractivity contribution in [1.82, 2.24) is 4.90 Å². The summed E-state index contributed by atoms with van der Waals surface area (Å²) >= 11 is 6.06. The van der Waals surface area contributed by atoms with Gasteiger partial charge in [-0.05, 0) is 45.9 Å². The largest absolute Gasteiger partial charge is 0.334 e. The van der Waals surface area contributed by atoms with Crippen LogP contribution in [0.2, 0.25) is 5.02 Å². The van der Waals surface area contributed by atoms with Crippen molar-refractivity contribution in [2.75, 3.05) is 0 Å². The molecular weight excluding hydrogens is 248 g/mol. The maximum atomic E-state index is 12.4. The zero-order valence-corrected chi connectivity index (χ0v) is 11.8. The Hall–Kier alpha value is -1.53. The van der Waals surface area contributed by atoms with Gasteiger partial charge in [-0.3, -0.25) is 4.79 Å². The Kier molecular flexibility index (Phi) is 4.75. The van der Waals surface area contributed by atoms with E-state index < -0.39 is 0 Å². The molecule has 1 amide bonds. The summed E-state index contributed by atoms with van der Waals surface area (Å²) in [7, 11) is 0. The van der Waals surface area contributed by atoms with Crippen LogP contribution in [0.15, 0.2) is 18.2 Å². The highest BCUT2D eigenvalue weighted by molar-refractivity contribution is 6.34. The van der Waals surface area contributed by atoms with E-state index in [1.165, 1.54) is 6.07 Å². The first kappa shape index (κ1) is 14.5. The van der Waals surface area contributed by atoms with Gasteiger partial charge in [0.05, 0.1) is 22.2 Å². The number of nitrogens with zero attached hydrogens (tertiary/aromatic N) is 2. The minimum absolute atomic E-state index is 0.101. The van der Waals surface area contributed by atoms with E-state index in [0.29, 0.717) is 16.1 Å². The molecule has 0 heterocycles. The predicted molar refractivity (Wildman–Crippen MR) is 72.6 cm³/mol. The Bertz CT molecular complexity index is 481. The number of carbonyl (C=O) groups is 1. The molecule has 0 aliphatic rings. The lowest BCUT2D eigenvalue weighted by Gasteiger charge is -2.31. The van der Waals surface area contributed by atoms with Crippen LogP contribution in [0.1, 0.15) is 43.6 Å². The topological polar surface area (TPSA) is 44.1 Å². The van der Waals surface area contributed by atoms with E-state index in [0.717, 1.165) is 0 Å². The lowest BCUT2D eigenvalue weighted by molar-refractivity contribution is 0.0644. The first-order valence-electron chi connectivity index (χ1n) is 5.90. The molecule has 0 bridgehead atoms. The SMILES string of the molecule is CC(C)N(C(=O)c1ccc(C#N)cc1Cl)C(C)C. The summed E-state index contributed by atoms with van der Waals surface area (Å²) in [5.41, 5.74) is 0.898. The summed E-state index contributed by atoms with van der Waals surface area (Å²) in [6.45, 7) is 7.87. The van der Waals surface area contributed by atoms with Crippen molar-refractivity contribution < 1.29 is 4.79 Å². The smallest absolute Gasteiger partial charge is 0.255 e. The van der Waals surface area contributed by atoms with Gasteiger partial charge >= 0.3 is 0 Å². The first-order valence-corrected chi connectivity index (χ1v) is 6.28. The minimum Gasteiger partial charge on any atom is -0.334 e. The van der Waals surface area contributed by atoms with Crippen LogP contribution in [0.25, 0.3) is 0 Å². The van der Waals surface area contributed by atoms with E-state index in [1.807, 2.05) is 33.8 Å². The van der Waals surface area contributed by atoms with Gasteiger partial charge in [-0.15, -0.1) is 0 Å². The van der Waals surface area contributed by atoms with Gasteiger partial charge in [0.15, 0.2) is 0 Å². The van der Waals surface area contributed by atoms with Crippen LogP contribution < -0.4 is 0 Å². The molecule has 0 radical (unpaired) electrons. The molecule has 0 aliphatic heterocycles. The van der Waals surface area contributed by atoms with Gasteiger partial charge in [0.25, 0.3) is 5.91 Å². The van der Waals surface area contributed by atoms with Crippen LogP contribution in [-0.2, 0) is 0 Å². The van der Waals surface area contributed by atoms with Gasteiger partial charge in [-0.1, -0.05) is 11.6 Å². The fourth-order valence-corrected chi connectivity index (χ4v) is 2.22. The van der Waals surface area contributed by atoms with E-state index in [4.69, 9.17) is 16.9 Å². The molecular formula is C14H17ClN2O. The van der Waals surface area contributed by atoms with Crippen molar-refractivity contribution >= 4 is 17.5 Å². The summed E-state index contributed by atoms with van der Waals surface area (Å²) in [5, 5.41) is 9.10. The van der Waals surface area contributed by atoms with Gasteiger partial charge in [0, 0.05) is 12.1 Å². The zero-order chi connectivity index (χ0) is 13.9. The molecule has 0 aromatic heterocycles. The molecule has 0 fully saturated rings. The summed E-state index contributed by atoms with van der Waals surface area (Å²) in [5.74, 6) is -0.102. The summed E-state index contributed by atoms with van der Waals surface area (Å²) < 4.78 is 0. The summed E-state index contributed by atoms with van der Waals surface area (Å²) in [4.78, 5) is 14.2. The summed E-state index contributed by atoms with van der Waals surface area (Å²) in [6, 6.07) is 6.94. The molecule has 0 aliphatic carbocycles. The maximum Gasteiger partial charge on any atom is 0.255 e. The average Bonchev–Trinajstić information content (AvgIpc) is 2.27. The fourth-order valence-electron chi connectivity index (χ4n) is 1.96. The standard InChI is InChI=1S/C14H17ClN2O/c1-9(2)17(10(3)4)14(18)12-6-5-11(8-16)7-13(12)15/h5-7,9-10H,1-4H3. The van der Waals surface area contributed by atoms with E-state index in [2.05, 4.69) is 0 Å². The van der Waals surface area contributed by atoms with Crippen LogP contribution >= 0.6 is 11.6 Å². The van der Waals surface area contributed by atoms with Gasteiger partial charge in [0.2, 0.25) is 0 Å². The Morgan fingerprint density at radius 2 is 1.83 bits per heavy atom. The van der Waals surface area contributed by atoms with Crippen molar-refractivity contribution in [2.45, 2.75) is 39.8 Å². The average molecular weight is 265 g/mol. The van der Waals surface area contributed by atoms with Crippen LogP contribution in [0.3, 0.4) is 0 Å². The van der Waals surface area contributed by atoms with E-state index in [1.54, 1.807) is 17.0 Å². The highest BCUT2D eigenvalue weighted by Gasteiger charge is 2.23. The summed E-state index contributed by atoms with van der Waals surface area (Å²) in [6.07, 6.45) is 0. The molecule has 0 atom stereocenters. The van der Waals surface area contributed by atoms with Gasteiger partial charge in [-0.2, -0.15) is 5.26 Å². The van der Waals surface area contributed by atoms with Crippen LogP contribution in [0, 0.1) is 11.3 Å². The van der Waals surface area contributed by atoms with E-state index >= 15 is 0 Å². The molecule has 0 saturated heterocycles. The lowest BCUT2D eigenvalue weighted by Crippen LogP contribution is -2.42. The zero-order valence-electron chi connectivity index (χ0n) is 11.1. The number of hydrogen-bond donors (Lipinski definition) is 0. The molecule has 1 aromatic rings. The quantitative estimate of drug-likeness (QED) is 0.839. The second kappa shape index (κ2) is 5.88. The second-order valence-electron chi connectivity index (χ2n) is 4.71. The van der Waals surface area contributed by atoms with E-state index in [-0.39, 0.29) is 18.0 Å². The molecule has 0 saturated carbocycles. The number of carbonyl (C=O) groups excluding carboxylic acids is 1. The molecule has 0 unspecified atom stereocenters. The third-order valence-electron chi connectivity index (χ3n) is 2.68. The fraction of sp³-hybridized carbons (Fsp3) is 0.429. The van der Waals surface area contributed by atoms with Crippen molar-refractivity contribution in [3.63, 3.8) is 0 Å². The van der Waals surface area contributed by atoms with Crippen molar-refractivity contribution in [2.24, 2.45) is 0 Å². The highest BCUT2D eigenvalue weighted by Crippen LogP contribution is 2.21. The number of hydrogen-bond acceptors (Lipinski definition) is 2. The van der Waals surface area contributed by atoms with Gasteiger partial charge in [0.1, 0.15) is 0 Å². The van der Waals surface area contributed by atoms with Crippen LogP contribution in [0.4, 0.5) is 0 Å². The first-order chi connectivity index (χ1) is 8.38. The molecule has 96 valence electrons. The Morgan fingerprint density at radius 3 is 2.22 bits per heavy atom. The van der Waals surface area contributed by atoms with Crippen LogP contribution in [0.5, 0.6) is 0 Å². The van der Waals surface area contributed by atoms with Crippen LogP contribution in [-0.4, -0.2) is 22.9 Å². The third kappa shape index (κ3) is 3.02. The Morgan fingerprint density at radius 1 is 1.28 bits per heavy atom. The maximum absolute atomic E-state index is 12.4. The lowest BCUT2D eigenvalue weighted by atomic mass is 10.1.